The molecule has 2 amide bonds. The van der Waals surface area contributed by atoms with Crippen LogP contribution in [0, 0.1) is 0 Å². The Bertz CT molecular complexity index is 723. The normalized spacial score (nSPS) is 10.8. The second-order valence-corrected chi connectivity index (χ2v) is 6.95. The summed E-state index contributed by atoms with van der Waals surface area (Å²) in [7, 11) is 0. The zero-order chi connectivity index (χ0) is 18.4. The second kappa shape index (κ2) is 8.76. The topological polar surface area (TPSA) is 62.3 Å². The van der Waals surface area contributed by atoms with Crippen LogP contribution in [0.1, 0.15) is 49.7 Å². The summed E-state index contributed by atoms with van der Waals surface area (Å²) in [6.45, 7) is 9.09. The molecule has 6 heteroatoms. The molecule has 0 unspecified atom stereocenters. The molecule has 1 aromatic carbocycles. The molecule has 0 fully saturated rings. The van der Waals surface area contributed by atoms with Crippen LogP contribution in [0.5, 0.6) is 0 Å². The van der Waals surface area contributed by atoms with Gasteiger partial charge in [0.1, 0.15) is 10.7 Å². The molecule has 1 aromatic heterocycles. The third-order valence-electron chi connectivity index (χ3n) is 3.92. The third kappa shape index (κ3) is 4.89. The van der Waals surface area contributed by atoms with E-state index in [9.17, 15) is 9.59 Å². The highest BCUT2D eigenvalue weighted by molar-refractivity contribution is 7.13. The first kappa shape index (κ1) is 19.1. The van der Waals surface area contributed by atoms with E-state index in [0.717, 1.165) is 10.6 Å². The minimum absolute atomic E-state index is 0.0547. The van der Waals surface area contributed by atoms with Crippen LogP contribution in [0.15, 0.2) is 29.6 Å². The van der Waals surface area contributed by atoms with Gasteiger partial charge in [-0.05, 0) is 25.3 Å². The number of likely N-dealkylation sites (N-methyl/N-ethyl adjacent to an activating group) is 2. The number of carbonyl (C=O) groups is 2. The zero-order valence-electron chi connectivity index (χ0n) is 15.2. The molecule has 0 radical (unpaired) electrons. The molecule has 25 heavy (non-hydrogen) atoms. The molecule has 0 spiro atoms. The number of rotatable bonds is 7. The van der Waals surface area contributed by atoms with Gasteiger partial charge in [-0.1, -0.05) is 38.1 Å². The summed E-state index contributed by atoms with van der Waals surface area (Å²) in [4.78, 5) is 30.3. The lowest BCUT2D eigenvalue weighted by molar-refractivity contribution is -0.121. The van der Waals surface area contributed by atoms with Gasteiger partial charge in [0, 0.05) is 24.0 Å². The minimum Gasteiger partial charge on any atom is -0.355 e. The van der Waals surface area contributed by atoms with Crippen molar-refractivity contribution in [2.75, 3.05) is 19.6 Å². The molecule has 0 atom stereocenters. The van der Waals surface area contributed by atoms with Gasteiger partial charge in [0.15, 0.2) is 0 Å². The highest BCUT2D eigenvalue weighted by Gasteiger charge is 2.20. The Morgan fingerprint density at radius 3 is 2.44 bits per heavy atom. The van der Waals surface area contributed by atoms with E-state index in [1.54, 1.807) is 5.38 Å². The van der Waals surface area contributed by atoms with Crippen molar-refractivity contribution in [1.29, 1.82) is 0 Å². The van der Waals surface area contributed by atoms with E-state index >= 15 is 0 Å². The number of aromatic nitrogens is 1. The molecule has 0 aliphatic rings. The third-order valence-corrected chi connectivity index (χ3v) is 4.82. The largest absolute Gasteiger partial charge is 0.355 e. The molecular formula is C19H25N3O2S. The monoisotopic (exact) mass is 359 g/mol. The molecular weight excluding hydrogens is 334 g/mol. The first-order chi connectivity index (χ1) is 12.0. The highest BCUT2D eigenvalue weighted by Crippen LogP contribution is 2.26. The summed E-state index contributed by atoms with van der Waals surface area (Å²) in [6, 6.07) is 8.26. The van der Waals surface area contributed by atoms with Gasteiger partial charge in [0.25, 0.3) is 5.91 Å². The van der Waals surface area contributed by atoms with Crippen LogP contribution in [0.4, 0.5) is 0 Å². The Hall–Kier alpha value is -2.21. The number of hydrogen-bond acceptors (Lipinski definition) is 4. The Kier molecular flexibility index (Phi) is 6.70. The number of amides is 2. The van der Waals surface area contributed by atoms with Crippen molar-refractivity contribution in [2.45, 2.75) is 33.6 Å². The van der Waals surface area contributed by atoms with Gasteiger partial charge < -0.3 is 10.2 Å². The summed E-state index contributed by atoms with van der Waals surface area (Å²) in [5.41, 5.74) is 2.66. The van der Waals surface area contributed by atoms with Crippen LogP contribution in [-0.2, 0) is 4.79 Å². The van der Waals surface area contributed by atoms with Gasteiger partial charge >= 0.3 is 0 Å². The van der Waals surface area contributed by atoms with Crippen LogP contribution in [0.25, 0.3) is 10.6 Å². The molecule has 5 nitrogen and oxygen atoms in total. The van der Waals surface area contributed by atoms with Gasteiger partial charge in [-0.15, -0.1) is 11.3 Å². The number of hydrogen-bond donors (Lipinski definition) is 1. The maximum Gasteiger partial charge on any atom is 0.273 e. The molecule has 1 heterocycles. The van der Waals surface area contributed by atoms with Crippen LogP contribution < -0.4 is 5.32 Å². The van der Waals surface area contributed by atoms with E-state index in [1.165, 1.54) is 21.8 Å². The summed E-state index contributed by atoms with van der Waals surface area (Å²) >= 11 is 1.44. The van der Waals surface area contributed by atoms with Crippen molar-refractivity contribution in [1.82, 2.24) is 15.2 Å². The summed E-state index contributed by atoms with van der Waals surface area (Å²) < 4.78 is 0. The van der Waals surface area contributed by atoms with E-state index in [-0.39, 0.29) is 18.4 Å². The SMILES string of the molecule is CCNC(=O)CN(CC)C(=O)c1csc(-c2ccc(C(C)C)cc2)n1. The first-order valence-corrected chi connectivity index (χ1v) is 9.46. The fourth-order valence-corrected chi connectivity index (χ4v) is 3.23. The Morgan fingerprint density at radius 1 is 1.20 bits per heavy atom. The van der Waals surface area contributed by atoms with E-state index in [4.69, 9.17) is 0 Å². The minimum atomic E-state index is -0.213. The summed E-state index contributed by atoms with van der Waals surface area (Å²) in [6.07, 6.45) is 0. The van der Waals surface area contributed by atoms with E-state index in [2.05, 4.69) is 36.3 Å². The van der Waals surface area contributed by atoms with E-state index < -0.39 is 0 Å². The van der Waals surface area contributed by atoms with Gasteiger partial charge in [0.2, 0.25) is 5.91 Å². The molecule has 2 rings (SSSR count). The number of thiazole rings is 1. The molecule has 0 saturated carbocycles. The molecule has 1 N–H and O–H groups in total. The van der Waals surface area contributed by atoms with Crippen molar-refractivity contribution in [3.05, 3.63) is 40.9 Å². The van der Waals surface area contributed by atoms with Crippen molar-refractivity contribution in [2.24, 2.45) is 0 Å². The van der Waals surface area contributed by atoms with Gasteiger partial charge in [0.05, 0.1) is 6.54 Å². The standard InChI is InChI=1S/C19H25N3O2S/c1-5-20-17(23)11-22(6-2)19(24)16-12-25-18(21-16)15-9-7-14(8-10-15)13(3)4/h7-10,12-13H,5-6,11H2,1-4H3,(H,20,23). The molecule has 0 saturated heterocycles. The molecule has 0 aliphatic heterocycles. The quantitative estimate of drug-likeness (QED) is 0.822. The predicted molar refractivity (Wildman–Crippen MR) is 102 cm³/mol. The van der Waals surface area contributed by atoms with E-state index in [1.807, 2.05) is 26.0 Å². The van der Waals surface area contributed by atoms with Crippen molar-refractivity contribution in [3.8, 4) is 10.6 Å². The lowest BCUT2D eigenvalue weighted by Gasteiger charge is -2.18. The average Bonchev–Trinajstić information content (AvgIpc) is 3.09. The van der Waals surface area contributed by atoms with Crippen LogP contribution in [-0.4, -0.2) is 41.3 Å². The van der Waals surface area contributed by atoms with Crippen LogP contribution >= 0.6 is 11.3 Å². The van der Waals surface area contributed by atoms with E-state index in [0.29, 0.717) is 24.7 Å². The number of nitrogens with one attached hydrogen (secondary N) is 1. The molecule has 0 bridgehead atoms. The molecule has 134 valence electrons. The Morgan fingerprint density at radius 2 is 1.88 bits per heavy atom. The number of benzene rings is 1. The number of nitrogens with zero attached hydrogens (tertiary/aromatic N) is 2. The number of carbonyl (C=O) groups excluding carboxylic acids is 2. The van der Waals surface area contributed by atoms with Crippen LogP contribution in [0.2, 0.25) is 0 Å². The second-order valence-electron chi connectivity index (χ2n) is 6.09. The van der Waals surface area contributed by atoms with Crippen molar-refractivity contribution >= 4 is 23.2 Å². The maximum atomic E-state index is 12.6. The van der Waals surface area contributed by atoms with Gasteiger partial charge in [-0.3, -0.25) is 9.59 Å². The molecule has 0 aliphatic carbocycles. The maximum absolute atomic E-state index is 12.6. The van der Waals surface area contributed by atoms with Gasteiger partial charge in [-0.25, -0.2) is 4.98 Å². The molecule has 2 aromatic rings. The lowest BCUT2D eigenvalue weighted by atomic mass is 10.0. The van der Waals surface area contributed by atoms with Crippen molar-refractivity contribution in [3.63, 3.8) is 0 Å². The van der Waals surface area contributed by atoms with Gasteiger partial charge in [-0.2, -0.15) is 0 Å². The Labute approximate surface area is 153 Å². The van der Waals surface area contributed by atoms with Crippen LogP contribution in [0.3, 0.4) is 0 Å². The lowest BCUT2D eigenvalue weighted by Crippen LogP contribution is -2.40. The fourth-order valence-electron chi connectivity index (χ4n) is 2.43. The summed E-state index contributed by atoms with van der Waals surface area (Å²) in [5, 5.41) is 5.28. The zero-order valence-corrected chi connectivity index (χ0v) is 16.0. The highest BCUT2D eigenvalue weighted by atomic mass is 32.1. The first-order valence-electron chi connectivity index (χ1n) is 8.58. The average molecular weight is 359 g/mol. The van der Waals surface area contributed by atoms with Crippen molar-refractivity contribution < 1.29 is 9.59 Å². The summed E-state index contributed by atoms with van der Waals surface area (Å²) in [5.74, 6) is 0.113. The Balaban J connectivity index is 2.13. The smallest absolute Gasteiger partial charge is 0.273 e. The predicted octanol–water partition coefficient (Wildman–Crippen LogP) is 3.53. The fraction of sp³-hybridized carbons (Fsp3) is 0.421.